The van der Waals surface area contributed by atoms with Crippen LogP contribution in [0.3, 0.4) is 0 Å². The van der Waals surface area contributed by atoms with E-state index in [1.807, 2.05) is 17.7 Å². The summed E-state index contributed by atoms with van der Waals surface area (Å²) in [6.45, 7) is 0. The van der Waals surface area contributed by atoms with Gasteiger partial charge in [-0.2, -0.15) is 0 Å². The standard InChI is InChI=1S/C15H12N2O3/c1-17-13-8-11(18)5-6-12(13)16-14(17)9-3-2-4-10(7-9)15(19)20/h2-8,18H,1H3,(H,19,20). The fraction of sp³-hybridized carbons (Fsp3) is 0.0667. The fourth-order valence-electron chi connectivity index (χ4n) is 2.23. The average molecular weight is 268 g/mol. The van der Waals surface area contributed by atoms with E-state index in [9.17, 15) is 9.90 Å². The highest BCUT2D eigenvalue weighted by molar-refractivity contribution is 5.89. The van der Waals surface area contributed by atoms with E-state index >= 15 is 0 Å². The van der Waals surface area contributed by atoms with Crippen molar-refractivity contribution in [2.45, 2.75) is 0 Å². The van der Waals surface area contributed by atoms with Gasteiger partial charge in [0.15, 0.2) is 0 Å². The molecule has 0 atom stereocenters. The third-order valence-corrected chi connectivity index (χ3v) is 3.23. The third kappa shape index (κ3) is 1.89. The zero-order valence-corrected chi connectivity index (χ0v) is 10.7. The van der Waals surface area contributed by atoms with Gasteiger partial charge in [-0.15, -0.1) is 0 Å². The number of aromatic carboxylic acids is 1. The maximum Gasteiger partial charge on any atom is 0.335 e. The number of nitrogens with zero attached hydrogens (tertiary/aromatic N) is 2. The van der Waals surface area contributed by atoms with Gasteiger partial charge in [0.25, 0.3) is 0 Å². The lowest BCUT2D eigenvalue weighted by atomic mass is 10.1. The van der Waals surface area contributed by atoms with Gasteiger partial charge in [0.1, 0.15) is 11.6 Å². The molecule has 3 aromatic rings. The van der Waals surface area contributed by atoms with E-state index in [2.05, 4.69) is 4.98 Å². The monoisotopic (exact) mass is 268 g/mol. The molecule has 5 heteroatoms. The number of carbonyl (C=O) groups is 1. The van der Waals surface area contributed by atoms with Gasteiger partial charge in [-0.3, -0.25) is 0 Å². The van der Waals surface area contributed by atoms with Crippen LogP contribution < -0.4 is 0 Å². The largest absolute Gasteiger partial charge is 0.508 e. The molecule has 0 aliphatic carbocycles. The molecule has 0 radical (unpaired) electrons. The number of aromatic hydroxyl groups is 1. The van der Waals surface area contributed by atoms with Gasteiger partial charge in [0.05, 0.1) is 16.6 Å². The van der Waals surface area contributed by atoms with Crippen molar-refractivity contribution in [2.24, 2.45) is 7.05 Å². The summed E-state index contributed by atoms with van der Waals surface area (Å²) >= 11 is 0. The molecule has 0 saturated heterocycles. The summed E-state index contributed by atoms with van der Waals surface area (Å²) in [4.78, 5) is 15.5. The van der Waals surface area contributed by atoms with Crippen molar-refractivity contribution >= 4 is 17.0 Å². The van der Waals surface area contributed by atoms with Crippen LogP contribution in [0.25, 0.3) is 22.4 Å². The summed E-state index contributed by atoms with van der Waals surface area (Å²) in [7, 11) is 1.83. The first-order chi connectivity index (χ1) is 9.56. The van der Waals surface area contributed by atoms with Crippen LogP contribution in [0.1, 0.15) is 10.4 Å². The molecule has 20 heavy (non-hydrogen) atoms. The van der Waals surface area contributed by atoms with E-state index in [1.165, 1.54) is 0 Å². The van der Waals surface area contributed by atoms with Crippen molar-refractivity contribution < 1.29 is 15.0 Å². The number of hydrogen-bond donors (Lipinski definition) is 2. The van der Waals surface area contributed by atoms with Crippen LogP contribution in [0, 0.1) is 0 Å². The zero-order chi connectivity index (χ0) is 14.3. The number of phenolic OH excluding ortho intramolecular Hbond substituents is 1. The molecule has 1 aromatic heterocycles. The second-order valence-electron chi connectivity index (χ2n) is 4.55. The number of aryl methyl sites for hydroxylation is 1. The van der Waals surface area contributed by atoms with E-state index in [0.29, 0.717) is 5.82 Å². The molecule has 0 aliphatic rings. The summed E-state index contributed by atoms with van der Waals surface area (Å²) in [6.07, 6.45) is 0. The Morgan fingerprint density at radius 1 is 1.20 bits per heavy atom. The molecular formula is C15H12N2O3. The Balaban J connectivity index is 2.22. The second kappa shape index (κ2) is 4.38. The number of imidazole rings is 1. The Morgan fingerprint density at radius 3 is 2.75 bits per heavy atom. The lowest BCUT2D eigenvalue weighted by Crippen LogP contribution is -1.98. The minimum Gasteiger partial charge on any atom is -0.508 e. The topological polar surface area (TPSA) is 75.4 Å². The lowest BCUT2D eigenvalue weighted by Gasteiger charge is -2.03. The van der Waals surface area contributed by atoms with Crippen LogP contribution in [0.4, 0.5) is 0 Å². The van der Waals surface area contributed by atoms with Crippen LogP contribution in [-0.2, 0) is 7.05 Å². The summed E-state index contributed by atoms with van der Waals surface area (Å²) in [6, 6.07) is 11.6. The van der Waals surface area contributed by atoms with Gasteiger partial charge in [-0.1, -0.05) is 12.1 Å². The summed E-state index contributed by atoms with van der Waals surface area (Å²) in [5.41, 5.74) is 2.49. The van der Waals surface area contributed by atoms with Crippen molar-refractivity contribution in [1.82, 2.24) is 9.55 Å². The number of carboxylic acids is 1. The smallest absolute Gasteiger partial charge is 0.335 e. The number of carboxylic acid groups (broad SMARTS) is 1. The maximum atomic E-state index is 11.0. The normalized spacial score (nSPS) is 10.8. The molecule has 0 bridgehead atoms. The van der Waals surface area contributed by atoms with Crippen molar-refractivity contribution in [3.8, 4) is 17.1 Å². The molecule has 0 spiro atoms. The van der Waals surface area contributed by atoms with Crippen molar-refractivity contribution in [2.75, 3.05) is 0 Å². The highest BCUT2D eigenvalue weighted by Gasteiger charge is 2.12. The quantitative estimate of drug-likeness (QED) is 0.749. The predicted molar refractivity (Wildman–Crippen MR) is 74.8 cm³/mol. The predicted octanol–water partition coefficient (Wildman–Crippen LogP) is 2.64. The molecule has 100 valence electrons. The van der Waals surface area contributed by atoms with Crippen LogP contribution in [-0.4, -0.2) is 25.7 Å². The van der Waals surface area contributed by atoms with Crippen LogP contribution in [0.2, 0.25) is 0 Å². The van der Waals surface area contributed by atoms with Gasteiger partial charge in [-0.05, 0) is 24.3 Å². The molecule has 0 saturated carbocycles. The molecule has 0 aliphatic heterocycles. The molecule has 2 aromatic carbocycles. The van der Waals surface area contributed by atoms with Crippen LogP contribution in [0.5, 0.6) is 5.75 Å². The van der Waals surface area contributed by atoms with Crippen molar-refractivity contribution in [1.29, 1.82) is 0 Å². The van der Waals surface area contributed by atoms with E-state index in [-0.39, 0.29) is 11.3 Å². The molecule has 1 heterocycles. The Labute approximate surface area is 114 Å². The fourth-order valence-corrected chi connectivity index (χ4v) is 2.23. The first kappa shape index (κ1) is 12.2. The Kier molecular flexibility index (Phi) is 2.68. The zero-order valence-electron chi connectivity index (χ0n) is 10.7. The van der Waals surface area contributed by atoms with Gasteiger partial charge >= 0.3 is 5.97 Å². The summed E-state index contributed by atoms with van der Waals surface area (Å²) < 4.78 is 1.83. The molecule has 0 fully saturated rings. The number of hydrogen-bond acceptors (Lipinski definition) is 3. The number of aromatic nitrogens is 2. The van der Waals surface area contributed by atoms with Gasteiger partial charge in [0.2, 0.25) is 0 Å². The third-order valence-electron chi connectivity index (χ3n) is 3.23. The maximum absolute atomic E-state index is 11.0. The van der Waals surface area contributed by atoms with Gasteiger partial charge < -0.3 is 14.8 Å². The molecule has 3 rings (SSSR count). The highest BCUT2D eigenvalue weighted by atomic mass is 16.4. The molecular weight excluding hydrogens is 256 g/mol. The van der Waals surface area contributed by atoms with Crippen molar-refractivity contribution in [3.63, 3.8) is 0 Å². The van der Waals surface area contributed by atoms with E-state index < -0.39 is 5.97 Å². The van der Waals surface area contributed by atoms with E-state index in [4.69, 9.17) is 5.11 Å². The van der Waals surface area contributed by atoms with Crippen LogP contribution >= 0.6 is 0 Å². The SMILES string of the molecule is Cn1c(-c2cccc(C(=O)O)c2)nc2ccc(O)cc21. The molecule has 0 amide bonds. The van der Waals surface area contributed by atoms with E-state index in [1.54, 1.807) is 36.4 Å². The Bertz CT molecular complexity index is 821. The number of benzene rings is 2. The minimum absolute atomic E-state index is 0.173. The number of fused-ring (bicyclic) bond motifs is 1. The Morgan fingerprint density at radius 2 is 2.00 bits per heavy atom. The first-order valence-corrected chi connectivity index (χ1v) is 6.05. The highest BCUT2D eigenvalue weighted by Crippen LogP contribution is 2.26. The molecule has 0 unspecified atom stereocenters. The average Bonchev–Trinajstić information content (AvgIpc) is 2.76. The van der Waals surface area contributed by atoms with Gasteiger partial charge in [0, 0.05) is 18.7 Å². The Hall–Kier alpha value is -2.82. The number of phenols is 1. The second-order valence-corrected chi connectivity index (χ2v) is 4.55. The summed E-state index contributed by atoms with van der Waals surface area (Å²) in [5, 5.41) is 18.6. The van der Waals surface area contributed by atoms with Gasteiger partial charge in [-0.25, -0.2) is 9.78 Å². The lowest BCUT2D eigenvalue weighted by molar-refractivity contribution is 0.0697. The van der Waals surface area contributed by atoms with E-state index in [0.717, 1.165) is 16.6 Å². The molecule has 5 nitrogen and oxygen atoms in total. The van der Waals surface area contributed by atoms with Crippen LogP contribution in [0.15, 0.2) is 42.5 Å². The molecule has 2 N–H and O–H groups in total. The number of rotatable bonds is 2. The first-order valence-electron chi connectivity index (χ1n) is 6.05. The summed E-state index contributed by atoms with van der Waals surface area (Å²) in [5.74, 6) is -0.136. The van der Waals surface area contributed by atoms with Crippen molar-refractivity contribution in [3.05, 3.63) is 48.0 Å². The minimum atomic E-state index is -0.969.